The van der Waals surface area contributed by atoms with Crippen LogP contribution in [-0.4, -0.2) is 14.9 Å². The predicted molar refractivity (Wildman–Crippen MR) is 65.2 cm³/mol. The maximum atomic E-state index is 10.5. The zero-order chi connectivity index (χ0) is 13.1. The van der Waals surface area contributed by atoms with Gasteiger partial charge in [-0.15, -0.1) is 0 Å². The molecule has 1 aromatic heterocycles. The summed E-state index contributed by atoms with van der Waals surface area (Å²) in [6.07, 6.45) is 2.70. The summed E-state index contributed by atoms with van der Waals surface area (Å²) in [7, 11) is 0. The first kappa shape index (κ1) is 12.5. The normalized spacial score (nSPS) is 10.1. The summed E-state index contributed by atoms with van der Waals surface area (Å²) in [4.78, 5) is 17.6. The van der Waals surface area contributed by atoms with E-state index >= 15 is 0 Å². The number of nitro benzene ring substituents is 1. The third-order valence-corrected chi connectivity index (χ3v) is 2.40. The fourth-order valence-corrected chi connectivity index (χ4v) is 1.53. The molecule has 0 unspecified atom stereocenters. The van der Waals surface area contributed by atoms with Crippen molar-refractivity contribution < 1.29 is 9.66 Å². The molecule has 92 valence electrons. The SMILES string of the molecule is O=[N+]([O-])c1ccc(Oc2cncc(Cl)n2)c(Cl)c1. The lowest BCUT2D eigenvalue weighted by Crippen LogP contribution is -1.92. The molecule has 0 spiro atoms. The molecular weight excluding hydrogens is 281 g/mol. The van der Waals surface area contributed by atoms with Gasteiger partial charge < -0.3 is 4.74 Å². The van der Waals surface area contributed by atoms with Gasteiger partial charge in [0.1, 0.15) is 5.75 Å². The highest BCUT2D eigenvalue weighted by molar-refractivity contribution is 6.32. The van der Waals surface area contributed by atoms with Crippen LogP contribution in [0.15, 0.2) is 30.6 Å². The number of nitrogens with zero attached hydrogens (tertiary/aromatic N) is 3. The molecule has 0 aliphatic heterocycles. The van der Waals surface area contributed by atoms with Crippen molar-refractivity contribution in [1.82, 2.24) is 9.97 Å². The van der Waals surface area contributed by atoms with E-state index in [-0.39, 0.29) is 27.5 Å². The van der Waals surface area contributed by atoms with Crippen LogP contribution in [-0.2, 0) is 0 Å². The summed E-state index contributed by atoms with van der Waals surface area (Å²) >= 11 is 11.5. The highest BCUT2D eigenvalue weighted by Crippen LogP contribution is 2.31. The molecule has 1 aromatic carbocycles. The van der Waals surface area contributed by atoms with Gasteiger partial charge in [-0.1, -0.05) is 23.2 Å². The molecule has 6 nitrogen and oxygen atoms in total. The molecule has 0 saturated heterocycles. The van der Waals surface area contributed by atoms with Gasteiger partial charge in [-0.2, -0.15) is 4.98 Å². The van der Waals surface area contributed by atoms with Crippen molar-refractivity contribution in [1.29, 1.82) is 0 Å². The van der Waals surface area contributed by atoms with Crippen molar-refractivity contribution in [2.45, 2.75) is 0 Å². The smallest absolute Gasteiger partial charge is 0.271 e. The highest BCUT2D eigenvalue weighted by Gasteiger charge is 2.11. The van der Waals surface area contributed by atoms with Crippen LogP contribution in [0.5, 0.6) is 11.6 Å². The molecule has 0 saturated carbocycles. The van der Waals surface area contributed by atoms with Gasteiger partial charge in [0, 0.05) is 12.1 Å². The van der Waals surface area contributed by atoms with E-state index in [1.165, 1.54) is 30.6 Å². The molecule has 2 rings (SSSR count). The Hall–Kier alpha value is -1.92. The summed E-state index contributed by atoms with van der Waals surface area (Å²) in [5, 5.41) is 10.8. The molecule has 2 aromatic rings. The van der Waals surface area contributed by atoms with Crippen molar-refractivity contribution in [3.8, 4) is 11.6 Å². The Morgan fingerprint density at radius 3 is 2.67 bits per heavy atom. The Labute approximate surface area is 111 Å². The van der Waals surface area contributed by atoms with Gasteiger partial charge >= 0.3 is 0 Å². The minimum Gasteiger partial charge on any atom is -0.436 e. The number of nitro groups is 1. The number of non-ortho nitro benzene ring substituents is 1. The molecule has 0 aliphatic rings. The van der Waals surface area contributed by atoms with Crippen LogP contribution in [0.2, 0.25) is 10.2 Å². The average molecular weight is 286 g/mol. The monoisotopic (exact) mass is 285 g/mol. The second kappa shape index (κ2) is 5.16. The van der Waals surface area contributed by atoms with Gasteiger partial charge in [0.05, 0.1) is 22.3 Å². The molecule has 0 aliphatic carbocycles. The van der Waals surface area contributed by atoms with E-state index in [1.807, 2.05) is 0 Å². The Morgan fingerprint density at radius 2 is 2.06 bits per heavy atom. The van der Waals surface area contributed by atoms with E-state index in [1.54, 1.807) is 0 Å². The van der Waals surface area contributed by atoms with Gasteiger partial charge in [0.25, 0.3) is 5.69 Å². The van der Waals surface area contributed by atoms with Crippen molar-refractivity contribution in [3.63, 3.8) is 0 Å². The molecule has 0 N–H and O–H groups in total. The van der Waals surface area contributed by atoms with Gasteiger partial charge in [0.15, 0.2) is 5.15 Å². The van der Waals surface area contributed by atoms with E-state index in [0.29, 0.717) is 0 Å². The third-order valence-electron chi connectivity index (χ3n) is 1.92. The minimum absolute atomic E-state index is 0.103. The number of benzene rings is 1. The van der Waals surface area contributed by atoms with E-state index < -0.39 is 4.92 Å². The van der Waals surface area contributed by atoms with Gasteiger partial charge in [-0.05, 0) is 6.07 Å². The lowest BCUT2D eigenvalue weighted by atomic mass is 10.3. The zero-order valence-corrected chi connectivity index (χ0v) is 10.2. The minimum atomic E-state index is -0.547. The van der Waals surface area contributed by atoms with Crippen molar-refractivity contribution in [2.75, 3.05) is 0 Å². The molecule has 0 bridgehead atoms. The topological polar surface area (TPSA) is 78.2 Å². The lowest BCUT2D eigenvalue weighted by molar-refractivity contribution is -0.384. The maximum Gasteiger partial charge on any atom is 0.271 e. The maximum absolute atomic E-state index is 10.5. The summed E-state index contributed by atoms with van der Waals surface area (Å²) < 4.78 is 5.31. The number of ether oxygens (including phenoxy) is 1. The molecule has 1 heterocycles. The largest absolute Gasteiger partial charge is 0.436 e. The number of rotatable bonds is 3. The van der Waals surface area contributed by atoms with Crippen LogP contribution >= 0.6 is 23.2 Å². The van der Waals surface area contributed by atoms with Gasteiger partial charge in [-0.3, -0.25) is 15.1 Å². The molecule has 18 heavy (non-hydrogen) atoms. The first-order valence-electron chi connectivity index (χ1n) is 4.65. The lowest BCUT2D eigenvalue weighted by Gasteiger charge is -2.05. The fraction of sp³-hybridized carbons (Fsp3) is 0. The van der Waals surface area contributed by atoms with Crippen molar-refractivity contribution in [3.05, 3.63) is 50.9 Å². The van der Waals surface area contributed by atoms with Gasteiger partial charge in [-0.25, -0.2) is 0 Å². The summed E-state index contributed by atoms with van der Waals surface area (Å²) in [6.45, 7) is 0. The second-order valence-electron chi connectivity index (χ2n) is 3.15. The fourth-order valence-electron chi connectivity index (χ4n) is 1.17. The number of aromatic nitrogens is 2. The Morgan fingerprint density at radius 1 is 1.28 bits per heavy atom. The van der Waals surface area contributed by atoms with E-state index in [9.17, 15) is 10.1 Å². The van der Waals surface area contributed by atoms with Crippen molar-refractivity contribution >= 4 is 28.9 Å². The average Bonchev–Trinajstić information content (AvgIpc) is 2.31. The summed E-state index contributed by atoms with van der Waals surface area (Å²) in [6, 6.07) is 3.84. The number of halogens is 2. The molecule has 8 heteroatoms. The van der Waals surface area contributed by atoms with Crippen LogP contribution in [0, 0.1) is 10.1 Å². The Kier molecular flexibility index (Phi) is 3.59. The molecule has 0 amide bonds. The van der Waals surface area contributed by atoms with Crippen LogP contribution in [0.1, 0.15) is 0 Å². The quantitative estimate of drug-likeness (QED) is 0.637. The van der Waals surface area contributed by atoms with Gasteiger partial charge in [0.2, 0.25) is 5.88 Å². The van der Waals surface area contributed by atoms with E-state index in [0.717, 1.165) is 0 Å². The number of hydrogen-bond donors (Lipinski definition) is 0. The summed E-state index contributed by atoms with van der Waals surface area (Å²) in [5.74, 6) is 0.386. The molecular formula is C10H5Cl2N3O3. The van der Waals surface area contributed by atoms with Crippen LogP contribution < -0.4 is 4.74 Å². The van der Waals surface area contributed by atoms with Crippen LogP contribution in [0.25, 0.3) is 0 Å². The molecule has 0 radical (unpaired) electrons. The Bertz CT molecular complexity index is 607. The highest BCUT2D eigenvalue weighted by atomic mass is 35.5. The van der Waals surface area contributed by atoms with Crippen molar-refractivity contribution in [2.24, 2.45) is 0 Å². The second-order valence-corrected chi connectivity index (χ2v) is 3.95. The molecule has 0 atom stereocenters. The number of hydrogen-bond acceptors (Lipinski definition) is 5. The van der Waals surface area contributed by atoms with E-state index in [4.69, 9.17) is 27.9 Å². The summed E-state index contributed by atoms with van der Waals surface area (Å²) in [5.41, 5.74) is -0.121. The standard InChI is InChI=1S/C10H5Cl2N3O3/c11-7-3-6(15(16)17)1-2-8(7)18-10-5-13-4-9(12)14-10/h1-5H. The first-order valence-corrected chi connectivity index (χ1v) is 5.41. The predicted octanol–water partition coefficient (Wildman–Crippen LogP) is 3.48. The van der Waals surface area contributed by atoms with Crippen LogP contribution in [0.4, 0.5) is 5.69 Å². The molecule has 0 fully saturated rings. The Balaban J connectivity index is 2.27. The first-order chi connectivity index (χ1) is 8.56. The van der Waals surface area contributed by atoms with Crippen LogP contribution in [0.3, 0.4) is 0 Å². The zero-order valence-electron chi connectivity index (χ0n) is 8.71. The van der Waals surface area contributed by atoms with E-state index in [2.05, 4.69) is 9.97 Å². The third kappa shape index (κ3) is 2.85.